The summed E-state index contributed by atoms with van der Waals surface area (Å²) >= 11 is 0. The van der Waals surface area contributed by atoms with Crippen molar-refractivity contribution in [2.75, 3.05) is 0 Å². The van der Waals surface area contributed by atoms with Gasteiger partial charge in [-0.2, -0.15) is 0 Å². The van der Waals surface area contributed by atoms with Gasteiger partial charge in [-0.1, -0.05) is 67.6 Å². The third kappa shape index (κ3) is 2.02. The van der Waals surface area contributed by atoms with Crippen molar-refractivity contribution in [1.29, 1.82) is 0 Å². The van der Waals surface area contributed by atoms with E-state index < -0.39 is 0 Å². The van der Waals surface area contributed by atoms with E-state index in [2.05, 4.69) is 67.6 Å². The Morgan fingerprint density at radius 2 is 1.07 bits per heavy atom. The van der Waals surface area contributed by atoms with Gasteiger partial charge in [-0.25, -0.2) is 0 Å². The summed E-state index contributed by atoms with van der Waals surface area (Å²) in [6.07, 6.45) is 0. The molecule has 15 heavy (non-hydrogen) atoms. The van der Waals surface area contributed by atoms with Gasteiger partial charge in [0.05, 0.1) is 0 Å². The zero-order valence-corrected chi connectivity index (χ0v) is 10.4. The Morgan fingerprint density at radius 1 is 0.733 bits per heavy atom. The molecule has 0 aliphatic rings. The second-order valence-electron chi connectivity index (χ2n) is 4.06. The minimum Gasteiger partial charge on any atom is -0.0622 e. The summed E-state index contributed by atoms with van der Waals surface area (Å²) in [7, 11) is 2.03. The van der Waals surface area contributed by atoms with Gasteiger partial charge < -0.3 is 0 Å². The molecule has 0 aliphatic heterocycles. The standard InChI is InChI=1S/C14H15Si/c1-14(15,12-8-4-2-5-9-12)13-10-6-3-7-11-13/h2-11H,15H2,1H3. The number of benzene rings is 2. The van der Waals surface area contributed by atoms with Crippen LogP contribution in [0.2, 0.25) is 0 Å². The van der Waals surface area contributed by atoms with Gasteiger partial charge in [-0.05, 0) is 11.1 Å². The molecular weight excluding hydrogens is 196 g/mol. The first-order chi connectivity index (χ1) is 7.21. The molecule has 1 radical (unpaired) electrons. The van der Waals surface area contributed by atoms with Crippen molar-refractivity contribution >= 4 is 10.2 Å². The van der Waals surface area contributed by atoms with Gasteiger partial charge in [-0.3, -0.25) is 0 Å². The van der Waals surface area contributed by atoms with Crippen LogP contribution < -0.4 is 0 Å². The second-order valence-corrected chi connectivity index (χ2v) is 5.48. The van der Waals surface area contributed by atoms with E-state index in [0.29, 0.717) is 0 Å². The van der Waals surface area contributed by atoms with Crippen LogP contribution >= 0.6 is 0 Å². The van der Waals surface area contributed by atoms with Gasteiger partial charge in [0.25, 0.3) is 0 Å². The molecule has 1 heteroatoms. The summed E-state index contributed by atoms with van der Waals surface area (Å²) < 4.78 is 0. The van der Waals surface area contributed by atoms with Crippen LogP contribution in [0.15, 0.2) is 60.7 Å². The van der Waals surface area contributed by atoms with Crippen LogP contribution in [0.25, 0.3) is 0 Å². The lowest BCUT2D eigenvalue weighted by molar-refractivity contribution is 0.820. The van der Waals surface area contributed by atoms with E-state index in [4.69, 9.17) is 0 Å². The monoisotopic (exact) mass is 211 g/mol. The Bertz CT molecular complexity index is 376. The van der Waals surface area contributed by atoms with Crippen molar-refractivity contribution in [3.63, 3.8) is 0 Å². The molecule has 0 amide bonds. The molecular formula is C14H15Si. The zero-order valence-electron chi connectivity index (χ0n) is 8.98. The van der Waals surface area contributed by atoms with E-state index in [-0.39, 0.29) is 5.04 Å². The summed E-state index contributed by atoms with van der Waals surface area (Å²) in [5, 5.41) is 0.114. The summed E-state index contributed by atoms with van der Waals surface area (Å²) in [6.45, 7) is 2.27. The second kappa shape index (κ2) is 4.03. The van der Waals surface area contributed by atoms with Crippen molar-refractivity contribution < 1.29 is 0 Å². The number of hydrogen-bond acceptors (Lipinski definition) is 0. The number of hydrogen-bond donors (Lipinski definition) is 0. The largest absolute Gasteiger partial charge is 0.0622 e. The lowest BCUT2D eigenvalue weighted by atomic mass is 9.92. The van der Waals surface area contributed by atoms with Crippen LogP contribution in [-0.2, 0) is 5.04 Å². The Morgan fingerprint density at radius 3 is 1.40 bits per heavy atom. The molecule has 0 heterocycles. The fraction of sp³-hybridized carbons (Fsp3) is 0.143. The predicted molar refractivity (Wildman–Crippen MR) is 67.9 cm³/mol. The lowest BCUT2D eigenvalue weighted by Crippen LogP contribution is -2.23. The highest BCUT2D eigenvalue weighted by Crippen LogP contribution is 2.27. The smallest absolute Gasteiger partial charge is 0.0277 e. The molecule has 0 atom stereocenters. The maximum atomic E-state index is 2.27. The van der Waals surface area contributed by atoms with Crippen molar-refractivity contribution in [3.8, 4) is 0 Å². The normalized spacial score (nSPS) is 11.3. The first kappa shape index (κ1) is 10.2. The van der Waals surface area contributed by atoms with Crippen molar-refractivity contribution in [3.05, 3.63) is 71.8 Å². The van der Waals surface area contributed by atoms with E-state index in [1.807, 2.05) is 10.2 Å². The molecule has 0 N–H and O–H groups in total. The fourth-order valence-corrected chi connectivity index (χ4v) is 2.25. The Labute approximate surface area is 94.4 Å². The van der Waals surface area contributed by atoms with Gasteiger partial charge in [-0.15, -0.1) is 0 Å². The van der Waals surface area contributed by atoms with E-state index in [1.165, 1.54) is 11.1 Å². The van der Waals surface area contributed by atoms with Gasteiger partial charge in [0, 0.05) is 15.3 Å². The van der Waals surface area contributed by atoms with Crippen molar-refractivity contribution in [2.45, 2.75) is 12.0 Å². The molecule has 2 aromatic carbocycles. The Balaban J connectivity index is 2.44. The Kier molecular flexibility index (Phi) is 2.74. The fourth-order valence-electron chi connectivity index (χ4n) is 1.78. The van der Waals surface area contributed by atoms with Crippen LogP contribution in [0.5, 0.6) is 0 Å². The molecule has 2 rings (SSSR count). The maximum absolute atomic E-state index is 2.27. The molecule has 0 spiro atoms. The van der Waals surface area contributed by atoms with E-state index in [0.717, 1.165) is 0 Å². The zero-order chi connectivity index (χ0) is 10.7. The highest BCUT2D eigenvalue weighted by molar-refractivity contribution is 6.17. The molecule has 75 valence electrons. The lowest BCUT2D eigenvalue weighted by Gasteiger charge is -2.25. The SMILES string of the molecule is CC([SiH2])(c1ccccc1)c1ccccc1. The molecule has 0 bridgehead atoms. The molecule has 0 nitrogen and oxygen atoms in total. The molecule has 0 unspecified atom stereocenters. The molecule has 2 aromatic rings. The van der Waals surface area contributed by atoms with Gasteiger partial charge in [0.2, 0.25) is 0 Å². The third-order valence-corrected chi connectivity index (χ3v) is 3.64. The summed E-state index contributed by atoms with van der Waals surface area (Å²) in [4.78, 5) is 0. The summed E-state index contributed by atoms with van der Waals surface area (Å²) in [5.41, 5.74) is 2.74. The van der Waals surface area contributed by atoms with Gasteiger partial charge >= 0.3 is 0 Å². The van der Waals surface area contributed by atoms with Crippen LogP contribution in [0, 0.1) is 0 Å². The topological polar surface area (TPSA) is 0 Å². The minimum atomic E-state index is 0.114. The molecule has 0 saturated carbocycles. The first-order valence-electron chi connectivity index (χ1n) is 5.17. The van der Waals surface area contributed by atoms with E-state index >= 15 is 0 Å². The third-order valence-electron chi connectivity index (χ3n) is 2.82. The van der Waals surface area contributed by atoms with Gasteiger partial charge in [0.1, 0.15) is 0 Å². The molecule has 0 saturated heterocycles. The average molecular weight is 211 g/mol. The average Bonchev–Trinajstić information content (AvgIpc) is 2.31. The molecule has 0 fully saturated rings. The molecule has 0 aliphatic carbocycles. The van der Waals surface area contributed by atoms with E-state index in [9.17, 15) is 0 Å². The quantitative estimate of drug-likeness (QED) is 0.670. The van der Waals surface area contributed by atoms with Crippen molar-refractivity contribution in [2.24, 2.45) is 0 Å². The van der Waals surface area contributed by atoms with Crippen LogP contribution in [0.4, 0.5) is 0 Å². The van der Waals surface area contributed by atoms with Gasteiger partial charge in [0.15, 0.2) is 0 Å². The minimum absolute atomic E-state index is 0.114. The molecule has 0 aromatic heterocycles. The predicted octanol–water partition coefficient (Wildman–Crippen LogP) is 2.58. The summed E-state index contributed by atoms with van der Waals surface area (Å²) in [5.74, 6) is 0. The number of rotatable bonds is 2. The Hall–Kier alpha value is -1.34. The van der Waals surface area contributed by atoms with Crippen LogP contribution in [0.1, 0.15) is 18.1 Å². The highest BCUT2D eigenvalue weighted by Gasteiger charge is 2.21. The summed E-state index contributed by atoms with van der Waals surface area (Å²) in [6, 6.07) is 21.3. The van der Waals surface area contributed by atoms with Crippen molar-refractivity contribution in [1.82, 2.24) is 0 Å². The highest BCUT2D eigenvalue weighted by atomic mass is 28.1. The van der Waals surface area contributed by atoms with E-state index in [1.54, 1.807) is 0 Å². The van der Waals surface area contributed by atoms with Crippen LogP contribution in [-0.4, -0.2) is 10.2 Å². The van der Waals surface area contributed by atoms with Crippen LogP contribution in [0.3, 0.4) is 0 Å². The first-order valence-corrected chi connectivity index (χ1v) is 5.88. The maximum Gasteiger partial charge on any atom is 0.0277 e.